The van der Waals surface area contributed by atoms with E-state index >= 15 is 4.79 Å². The lowest BCUT2D eigenvalue weighted by molar-refractivity contribution is 0.0589. The first-order valence-electron chi connectivity index (χ1n) is 21.7. The van der Waals surface area contributed by atoms with Crippen molar-refractivity contribution in [3.8, 4) is 22.6 Å². The van der Waals surface area contributed by atoms with Gasteiger partial charge in [0.05, 0.1) is 53.4 Å². The Morgan fingerprint density at radius 3 is 2.29 bits per heavy atom. The fourth-order valence-electron chi connectivity index (χ4n) is 9.42. The molecule has 1 aliphatic heterocycles. The minimum absolute atomic E-state index is 0.187. The summed E-state index contributed by atoms with van der Waals surface area (Å²) in [6.07, 6.45) is 2.89. The molecule has 0 radical (unpaired) electrons. The number of nitrogens with zero attached hydrogens (tertiary/aromatic N) is 6. The Balaban J connectivity index is 1.22. The predicted molar refractivity (Wildman–Crippen MR) is 257 cm³/mol. The van der Waals surface area contributed by atoms with Crippen molar-refractivity contribution in [2.75, 3.05) is 25.2 Å². The molecule has 5 heterocycles. The molecule has 0 N–H and O–H groups in total. The molecule has 4 aromatic heterocycles. The van der Waals surface area contributed by atoms with E-state index in [2.05, 4.69) is 16.5 Å². The second-order valence-electron chi connectivity index (χ2n) is 16.9. The van der Waals surface area contributed by atoms with Gasteiger partial charge in [-0.05, 0) is 112 Å². The van der Waals surface area contributed by atoms with Crippen molar-refractivity contribution < 1.29 is 23.8 Å². The number of esters is 1. The summed E-state index contributed by atoms with van der Waals surface area (Å²) in [5, 5.41) is 7.74. The van der Waals surface area contributed by atoms with E-state index in [1.807, 2.05) is 134 Å². The molecule has 0 fully saturated rings. The molecule has 11 nitrogen and oxygen atoms in total. The zero-order valence-corrected chi connectivity index (χ0v) is 39.0. The van der Waals surface area contributed by atoms with Crippen molar-refractivity contribution in [2.24, 2.45) is 7.05 Å². The minimum atomic E-state index is -0.507. The normalized spacial score (nSPS) is 13.8. The predicted octanol–water partition coefficient (Wildman–Crippen LogP) is 11.6. The van der Waals surface area contributed by atoms with Gasteiger partial charge in [-0.15, -0.1) is 0 Å². The van der Waals surface area contributed by atoms with Gasteiger partial charge in [0, 0.05) is 64.5 Å². The standard InChI is InChI=1S/C52H50Cl2N6O5/c1-30-22-38(23-31(2)47(30)54)64-21-13-17-40-41-18-19-42(53)46(45-33(4)56-57(6)34(45)5)49(41)60-32(3)27-59(51(61)50(40)60)43-26-39(65-29-35-14-9-8-10-15-35)24-36-25-44(52(62)63-7)58(48(36)43)28-37-16-11-12-20-55-37/h8-12,14-16,18-20,22-26,32H,13,17,21,27-29H2,1-7H3/t32-/m1/s1. The maximum absolute atomic E-state index is 15.8. The van der Waals surface area contributed by atoms with Crippen LogP contribution in [-0.2, 0) is 31.4 Å². The number of fused-ring (bicyclic) bond motifs is 4. The number of hydrogen-bond donors (Lipinski definition) is 0. The first kappa shape index (κ1) is 43.7. The van der Waals surface area contributed by atoms with Crippen LogP contribution in [0.15, 0.2) is 97.2 Å². The molecule has 1 atom stereocenters. The number of hydrogen-bond acceptors (Lipinski definition) is 7. The van der Waals surface area contributed by atoms with E-state index in [0.29, 0.717) is 66.0 Å². The second kappa shape index (κ2) is 17.8. The van der Waals surface area contributed by atoms with Gasteiger partial charge >= 0.3 is 5.97 Å². The fourth-order valence-corrected chi connectivity index (χ4v) is 9.78. The molecule has 1 aliphatic rings. The monoisotopic (exact) mass is 908 g/mol. The van der Waals surface area contributed by atoms with Crippen LogP contribution in [0, 0.1) is 27.7 Å². The highest BCUT2D eigenvalue weighted by atomic mass is 35.5. The molecule has 0 unspecified atom stereocenters. The number of carbonyl (C=O) groups is 2. The molecule has 332 valence electrons. The van der Waals surface area contributed by atoms with Crippen LogP contribution in [0.2, 0.25) is 10.0 Å². The zero-order chi connectivity index (χ0) is 45.7. The van der Waals surface area contributed by atoms with Crippen LogP contribution in [-0.4, -0.2) is 56.0 Å². The van der Waals surface area contributed by atoms with Gasteiger partial charge in [0.25, 0.3) is 5.91 Å². The van der Waals surface area contributed by atoms with Crippen molar-refractivity contribution in [3.63, 3.8) is 0 Å². The largest absolute Gasteiger partial charge is 0.494 e. The van der Waals surface area contributed by atoms with Gasteiger partial charge in [-0.1, -0.05) is 65.7 Å². The molecule has 4 aromatic carbocycles. The number of pyridine rings is 1. The van der Waals surface area contributed by atoms with E-state index in [9.17, 15) is 4.79 Å². The molecule has 0 saturated heterocycles. The Labute approximate surface area is 388 Å². The molecule has 13 heteroatoms. The van der Waals surface area contributed by atoms with E-state index in [0.717, 1.165) is 77.5 Å². The summed E-state index contributed by atoms with van der Waals surface area (Å²) in [7, 11) is 3.30. The zero-order valence-electron chi connectivity index (χ0n) is 37.5. The van der Waals surface area contributed by atoms with E-state index in [-0.39, 0.29) is 18.5 Å². The van der Waals surface area contributed by atoms with E-state index in [1.54, 1.807) is 12.3 Å². The molecule has 8 aromatic rings. The molecule has 0 spiro atoms. The summed E-state index contributed by atoms with van der Waals surface area (Å²) >= 11 is 13.7. The van der Waals surface area contributed by atoms with Crippen LogP contribution < -0.4 is 14.4 Å². The highest BCUT2D eigenvalue weighted by molar-refractivity contribution is 6.35. The number of anilines is 1. The van der Waals surface area contributed by atoms with Crippen LogP contribution in [0.4, 0.5) is 5.69 Å². The molecular formula is C52H50Cl2N6O5. The SMILES string of the molecule is COC(=O)c1cc2cc(OCc3ccccc3)cc(N3C[C@@H](C)n4c(c(CCCOc5cc(C)c(Cl)c(C)c5)c5ccc(Cl)c(-c6c(C)nn(C)c6C)c54)C3=O)c2n1Cc1ccccn1. The van der Waals surface area contributed by atoms with Crippen LogP contribution in [0.1, 0.15) is 79.7 Å². The summed E-state index contributed by atoms with van der Waals surface area (Å²) in [6, 6.07) is 28.9. The molecule has 1 amide bonds. The summed E-state index contributed by atoms with van der Waals surface area (Å²) in [5.74, 6) is 0.606. The average Bonchev–Trinajstić information content (AvgIpc) is 3.92. The number of carbonyl (C=O) groups excluding carboxylic acids is 2. The summed E-state index contributed by atoms with van der Waals surface area (Å²) in [5.41, 5.74) is 11.2. The third-order valence-electron chi connectivity index (χ3n) is 12.5. The van der Waals surface area contributed by atoms with Crippen LogP contribution >= 0.6 is 23.2 Å². The average molecular weight is 910 g/mol. The van der Waals surface area contributed by atoms with Gasteiger partial charge in [0.1, 0.15) is 29.5 Å². The first-order chi connectivity index (χ1) is 31.3. The maximum Gasteiger partial charge on any atom is 0.354 e. The van der Waals surface area contributed by atoms with Crippen LogP contribution in [0.5, 0.6) is 11.5 Å². The molecule has 0 saturated carbocycles. The van der Waals surface area contributed by atoms with E-state index in [4.69, 9.17) is 42.5 Å². The number of rotatable bonds is 13. The lowest BCUT2D eigenvalue weighted by Gasteiger charge is -2.35. The number of ether oxygens (including phenoxy) is 3. The topological polar surface area (TPSA) is 106 Å². The quantitative estimate of drug-likeness (QED) is 0.0838. The first-order valence-corrected chi connectivity index (χ1v) is 22.5. The lowest BCUT2D eigenvalue weighted by atomic mass is 9.98. The van der Waals surface area contributed by atoms with Gasteiger partial charge in [-0.25, -0.2) is 4.79 Å². The van der Waals surface area contributed by atoms with Crippen molar-refractivity contribution >= 4 is 62.6 Å². The van der Waals surface area contributed by atoms with Crippen molar-refractivity contribution in [3.05, 3.63) is 158 Å². The van der Waals surface area contributed by atoms with Gasteiger partial charge in [-0.3, -0.25) is 14.5 Å². The van der Waals surface area contributed by atoms with Gasteiger partial charge in [0.2, 0.25) is 0 Å². The number of methoxy groups -OCH3 is 1. The number of amides is 1. The third-order valence-corrected chi connectivity index (χ3v) is 13.4. The summed E-state index contributed by atoms with van der Waals surface area (Å²) in [4.78, 5) is 35.9. The highest BCUT2D eigenvalue weighted by Crippen LogP contribution is 2.46. The number of halogens is 2. The Morgan fingerprint density at radius 1 is 0.862 bits per heavy atom. The smallest absolute Gasteiger partial charge is 0.354 e. The molecule has 0 aliphatic carbocycles. The van der Waals surface area contributed by atoms with Crippen molar-refractivity contribution in [2.45, 2.75) is 66.7 Å². The Hall–Kier alpha value is -6.56. The van der Waals surface area contributed by atoms with Crippen molar-refractivity contribution in [1.29, 1.82) is 0 Å². The Kier molecular flexibility index (Phi) is 11.9. The maximum atomic E-state index is 15.8. The highest BCUT2D eigenvalue weighted by Gasteiger charge is 2.38. The Bertz CT molecular complexity index is 3110. The van der Waals surface area contributed by atoms with Gasteiger partial charge in [0.15, 0.2) is 0 Å². The third kappa shape index (κ3) is 8.01. The second-order valence-corrected chi connectivity index (χ2v) is 17.6. The number of aryl methyl sites for hydroxylation is 5. The van der Waals surface area contributed by atoms with Gasteiger partial charge < -0.3 is 28.2 Å². The summed E-state index contributed by atoms with van der Waals surface area (Å²) < 4.78 is 24.1. The van der Waals surface area contributed by atoms with Crippen LogP contribution in [0.25, 0.3) is 32.9 Å². The van der Waals surface area contributed by atoms with E-state index in [1.165, 1.54) is 7.11 Å². The molecule has 0 bridgehead atoms. The van der Waals surface area contributed by atoms with Crippen molar-refractivity contribution in [1.82, 2.24) is 23.9 Å². The van der Waals surface area contributed by atoms with Gasteiger partial charge in [-0.2, -0.15) is 5.10 Å². The number of benzene rings is 4. The van der Waals surface area contributed by atoms with E-state index < -0.39 is 5.97 Å². The molecule has 65 heavy (non-hydrogen) atoms. The minimum Gasteiger partial charge on any atom is -0.494 e. The summed E-state index contributed by atoms with van der Waals surface area (Å²) in [6.45, 7) is 11.4. The molecule has 9 rings (SSSR count). The molecular weight excluding hydrogens is 860 g/mol. The Morgan fingerprint density at radius 2 is 1.60 bits per heavy atom. The lowest BCUT2D eigenvalue weighted by Crippen LogP contribution is -2.43. The van der Waals surface area contributed by atoms with Crippen LogP contribution in [0.3, 0.4) is 0 Å². The fraction of sp³-hybridized carbons (Fsp3) is 0.269. The number of aromatic nitrogens is 5.